The molecule has 0 atom stereocenters. The molecule has 0 unspecified atom stereocenters. The van der Waals surface area contributed by atoms with E-state index in [2.05, 4.69) is 65.7 Å². The molecule has 2 amide bonds. The van der Waals surface area contributed by atoms with E-state index in [9.17, 15) is 4.79 Å². The summed E-state index contributed by atoms with van der Waals surface area (Å²) in [4.78, 5) is 19.2. The summed E-state index contributed by atoms with van der Waals surface area (Å²) < 4.78 is 5.45. The Bertz CT molecular complexity index is 1080. The zero-order valence-corrected chi connectivity index (χ0v) is 17.4. The van der Waals surface area contributed by atoms with Crippen molar-refractivity contribution in [1.82, 2.24) is 15.0 Å². The second-order valence-corrected chi connectivity index (χ2v) is 8.54. The number of carbonyl (C=O) groups is 1. The van der Waals surface area contributed by atoms with Crippen molar-refractivity contribution >= 4 is 11.7 Å². The van der Waals surface area contributed by atoms with Crippen molar-refractivity contribution in [3.63, 3.8) is 0 Å². The minimum Gasteiger partial charge on any atom is -0.339 e. The van der Waals surface area contributed by atoms with Crippen molar-refractivity contribution in [2.24, 2.45) is 0 Å². The third-order valence-electron chi connectivity index (χ3n) is 6.15. The first-order valence-electron chi connectivity index (χ1n) is 10.7. The van der Waals surface area contributed by atoms with Gasteiger partial charge < -0.3 is 14.7 Å². The zero-order chi connectivity index (χ0) is 20.7. The van der Waals surface area contributed by atoms with E-state index in [1.165, 1.54) is 22.3 Å². The van der Waals surface area contributed by atoms with Gasteiger partial charge in [-0.15, -0.1) is 0 Å². The molecule has 6 heteroatoms. The van der Waals surface area contributed by atoms with Crippen LogP contribution in [0.3, 0.4) is 0 Å². The van der Waals surface area contributed by atoms with Crippen LogP contribution in [0.2, 0.25) is 0 Å². The zero-order valence-electron chi connectivity index (χ0n) is 17.4. The molecule has 1 saturated heterocycles. The molecule has 1 aliphatic carbocycles. The fourth-order valence-corrected chi connectivity index (χ4v) is 4.40. The predicted octanol–water partition coefficient (Wildman–Crippen LogP) is 5.18. The van der Waals surface area contributed by atoms with Crippen LogP contribution in [0.15, 0.2) is 47.0 Å². The summed E-state index contributed by atoms with van der Waals surface area (Å²) in [7, 11) is 0. The Labute approximate surface area is 176 Å². The summed E-state index contributed by atoms with van der Waals surface area (Å²) >= 11 is 0. The Morgan fingerprint density at radius 3 is 2.63 bits per heavy atom. The summed E-state index contributed by atoms with van der Waals surface area (Å²) in [5, 5.41) is 7.14. The van der Waals surface area contributed by atoms with Crippen molar-refractivity contribution in [2.75, 3.05) is 18.4 Å². The van der Waals surface area contributed by atoms with Gasteiger partial charge in [-0.1, -0.05) is 49.3 Å². The molecule has 3 aromatic rings. The van der Waals surface area contributed by atoms with E-state index in [1.54, 1.807) is 0 Å². The highest BCUT2D eigenvalue weighted by atomic mass is 16.5. The average Bonchev–Trinajstić information content (AvgIpc) is 3.39. The Morgan fingerprint density at radius 2 is 1.87 bits per heavy atom. The van der Waals surface area contributed by atoms with Crippen molar-refractivity contribution in [3.05, 3.63) is 65.3 Å². The van der Waals surface area contributed by atoms with Gasteiger partial charge in [-0.05, 0) is 53.6 Å². The number of nitrogens with one attached hydrogen (secondary N) is 1. The maximum absolute atomic E-state index is 12.8. The number of nitrogens with zero attached hydrogens (tertiary/aromatic N) is 3. The summed E-state index contributed by atoms with van der Waals surface area (Å²) in [6, 6.07) is 14.7. The van der Waals surface area contributed by atoms with Gasteiger partial charge in [0, 0.05) is 30.6 Å². The van der Waals surface area contributed by atoms with Crippen molar-refractivity contribution < 1.29 is 9.32 Å². The predicted molar refractivity (Wildman–Crippen MR) is 116 cm³/mol. The molecule has 2 heterocycles. The summed E-state index contributed by atoms with van der Waals surface area (Å²) in [6.45, 7) is 5.48. The molecule has 0 bridgehead atoms. The molecule has 2 aromatic carbocycles. The van der Waals surface area contributed by atoms with Crippen LogP contribution in [-0.2, 0) is 6.42 Å². The minimum atomic E-state index is -0.0442. The standard InChI is InChI=1S/C24H26N4O2/c1-15(2)22-26-23(30-27-22)16-9-11-28(12-10-16)24(29)25-19-7-8-21-18(14-19)13-17-5-3-4-6-20(17)21/h3-8,14-16H,9-13H2,1-2H3,(H,25,29). The Balaban J connectivity index is 1.20. The van der Waals surface area contributed by atoms with Crippen LogP contribution in [0.1, 0.15) is 61.4 Å². The smallest absolute Gasteiger partial charge is 0.321 e. The number of fused-ring (bicyclic) bond motifs is 3. The molecule has 1 aromatic heterocycles. The quantitative estimate of drug-likeness (QED) is 0.513. The summed E-state index contributed by atoms with van der Waals surface area (Å²) in [5.41, 5.74) is 6.04. The molecule has 6 nitrogen and oxygen atoms in total. The van der Waals surface area contributed by atoms with E-state index in [0.29, 0.717) is 19.0 Å². The lowest BCUT2D eigenvalue weighted by molar-refractivity contribution is 0.187. The molecule has 154 valence electrons. The van der Waals surface area contributed by atoms with E-state index in [0.717, 1.165) is 30.8 Å². The van der Waals surface area contributed by atoms with Crippen LogP contribution in [0.5, 0.6) is 0 Å². The van der Waals surface area contributed by atoms with Crippen LogP contribution < -0.4 is 5.32 Å². The lowest BCUT2D eigenvalue weighted by atomic mass is 9.97. The highest BCUT2D eigenvalue weighted by Gasteiger charge is 2.28. The Kier molecular flexibility index (Phi) is 4.77. The van der Waals surface area contributed by atoms with E-state index in [1.807, 2.05) is 11.0 Å². The molecule has 2 aliphatic rings. The lowest BCUT2D eigenvalue weighted by Gasteiger charge is -2.30. The van der Waals surface area contributed by atoms with Gasteiger partial charge in [0.1, 0.15) is 0 Å². The fraction of sp³-hybridized carbons (Fsp3) is 0.375. The highest BCUT2D eigenvalue weighted by Crippen LogP contribution is 2.37. The second-order valence-electron chi connectivity index (χ2n) is 8.54. The van der Waals surface area contributed by atoms with Gasteiger partial charge in [-0.25, -0.2) is 4.79 Å². The number of piperidine rings is 1. The van der Waals surface area contributed by atoms with Crippen LogP contribution in [-0.4, -0.2) is 34.2 Å². The van der Waals surface area contributed by atoms with Gasteiger partial charge in [-0.2, -0.15) is 4.98 Å². The first kappa shape index (κ1) is 18.9. The second kappa shape index (κ2) is 7.59. The molecule has 1 fully saturated rings. The number of amides is 2. The highest BCUT2D eigenvalue weighted by molar-refractivity contribution is 5.90. The van der Waals surface area contributed by atoms with Crippen molar-refractivity contribution in [3.8, 4) is 11.1 Å². The Hall–Kier alpha value is -3.15. The van der Waals surface area contributed by atoms with Crippen LogP contribution in [0.25, 0.3) is 11.1 Å². The average molecular weight is 402 g/mol. The molecule has 30 heavy (non-hydrogen) atoms. The van der Waals surface area contributed by atoms with E-state index in [4.69, 9.17) is 4.52 Å². The number of likely N-dealkylation sites (tertiary alicyclic amines) is 1. The van der Waals surface area contributed by atoms with Crippen LogP contribution in [0.4, 0.5) is 10.5 Å². The van der Waals surface area contributed by atoms with Crippen LogP contribution in [0, 0.1) is 0 Å². The summed E-state index contributed by atoms with van der Waals surface area (Å²) in [6.07, 6.45) is 2.60. The molecule has 5 rings (SSSR count). The molecule has 0 spiro atoms. The third kappa shape index (κ3) is 3.47. The molecule has 1 N–H and O–H groups in total. The van der Waals surface area contributed by atoms with Crippen LogP contribution >= 0.6 is 0 Å². The first-order chi connectivity index (χ1) is 14.6. The first-order valence-corrected chi connectivity index (χ1v) is 10.7. The number of benzene rings is 2. The number of urea groups is 1. The fourth-order valence-electron chi connectivity index (χ4n) is 4.40. The van der Waals surface area contributed by atoms with Gasteiger partial charge in [0.2, 0.25) is 5.89 Å². The molecule has 0 saturated carbocycles. The maximum atomic E-state index is 12.8. The number of rotatable bonds is 3. The van der Waals surface area contributed by atoms with Gasteiger partial charge in [0.15, 0.2) is 5.82 Å². The number of hydrogen-bond acceptors (Lipinski definition) is 4. The number of aromatic nitrogens is 2. The van der Waals surface area contributed by atoms with Crippen molar-refractivity contribution in [1.29, 1.82) is 0 Å². The third-order valence-corrected chi connectivity index (χ3v) is 6.15. The molecular formula is C24H26N4O2. The normalized spacial score (nSPS) is 15.9. The number of hydrogen-bond donors (Lipinski definition) is 1. The van der Waals surface area contributed by atoms with Gasteiger partial charge in [0.25, 0.3) is 0 Å². The Morgan fingerprint density at radius 1 is 1.10 bits per heavy atom. The number of anilines is 1. The molecule has 1 aliphatic heterocycles. The molecular weight excluding hydrogens is 376 g/mol. The maximum Gasteiger partial charge on any atom is 0.321 e. The monoisotopic (exact) mass is 402 g/mol. The minimum absolute atomic E-state index is 0.0442. The topological polar surface area (TPSA) is 71.3 Å². The van der Waals surface area contributed by atoms with Gasteiger partial charge >= 0.3 is 6.03 Å². The van der Waals surface area contributed by atoms with Gasteiger partial charge in [-0.3, -0.25) is 0 Å². The van der Waals surface area contributed by atoms with E-state index < -0.39 is 0 Å². The van der Waals surface area contributed by atoms with E-state index in [-0.39, 0.29) is 17.9 Å². The SMILES string of the molecule is CC(C)c1noc(C2CCN(C(=O)Nc3ccc4c(c3)Cc3ccccc3-4)CC2)n1. The molecule has 0 radical (unpaired) electrons. The van der Waals surface area contributed by atoms with E-state index >= 15 is 0 Å². The summed E-state index contributed by atoms with van der Waals surface area (Å²) in [5.74, 6) is 1.95. The van der Waals surface area contributed by atoms with Crippen molar-refractivity contribution in [2.45, 2.75) is 44.9 Å². The van der Waals surface area contributed by atoms with Gasteiger partial charge in [0.05, 0.1) is 0 Å². The largest absolute Gasteiger partial charge is 0.339 e. The lowest BCUT2D eigenvalue weighted by Crippen LogP contribution is -2.40. The number of carbonyl (C=O) groups excluding carboxylic acids is 1.